The molecule has 3 rings (SSSR count). The number of carbonyl (C=O) groups excluding carboxylic acids is 2. The van der Waals surface area contributed by atoms with Crippen LogP contribution in [0.3, 0.4) is 0 Å². The first-order valence-corrected chi connectivity index (χ1v) is 13.5. The van der Waals surface area contributed by atoms with Gasteiger partial charge in [-0.3, -0.25) is 9.59 Å². The first-order valence-electron chi connectivity index (χ1n) is 11.6. The third-order valence-electron chi connectivity index (χ3n) is 6.08. The molecule has 0 unspecified atom stereocenters. The Labute approximate surface area is 216 Å². The van der Waals surface area contributed by atoms with Gasteiger partial charge in [-0.05, 0) is 55.2 Å². The maximum atomic E-state index is 13.3. The number of rotatable bonds is 10. The number of benzene rings is 2. The minimum atomic E-state index is -0.578. The van der Waals surface area contributed by atoms with Gasteiger partial charge in [0.15, 0.2) is 0 Å². The SMILES string of the molecule is COc1cccc(CN(C(=O)CSCc2ccc(Cl)c(Cl)c2)[C@H](C)C(=O)NC2CCCCC2)c1. The molecule has 0 aromatic heterocycles. The molecule has 0 heterocycles. The molecular weight excluding hydrogens is 491 g/mol. The minimum absolute atomic E-state index is 0.0841. The van der Waals surface area contributed by atoms with Gasteiger partial charge in [-0.1, -0.05) is 60.7 Å². The van der Waals surface area contributed by atoms with E-state index in [-0.39, 0.29) is 23.6 Å². The number of hydrogen-bond acceptors (Lipinski definition) is 4. The normalized spacial score (nSPS) is 14.9. The smallest absolute Gasteiger partial charge is 0.242 e. The summed E-state index contributed by atoms with van der Waals surface area (Å²) in [6, 6.07) is 12.7. The second-order valence-corrected chi connectivity index (χ2v) is 10.4. The van der Waals surface area contributed by atoms with Crippen molar-refractivity contribution in [1.82, 2.24) is 10.2 Å². The molecule has 0 aliphatic heterocycles. The molecule has 1 aliphatic rings. The lowest BCUT2D eigenvalue weighted by Crippen LogP contribution is -2.50. The summed E-state index contributed by atoms with van der Waals surface area (Å²) in [5, 5.41) is 4.17. The number of halogens is 2. The van der Waals surface area contributed by atoms with E-state index in [0.29, 0.717) is 22.3 Å². The van der Waals surface area contributed by atoms with E-state index in [0.717, 1.165) is 42.6 Å². The number of carbonyl (C=O) groups is 2. The number of ether oxygens (including phenoxy) is 1. The molecule has 1 N–H and O–H groups in total. The standard InChI is InChI=1S/C26H32Cl2N2O3S/c1-18(26(32)29-21-8-4-3-5-9-21)30(15-19-7-6-10-22(13-19)33-2)25(31)17-34-16-20-11-12-23(27)24(28)14-20/h6-7,10-14,18,21H,3-5,8-9,15-17H2,1-2H3,(H,29,32)/t18-/m1/s1. The topological polar surface area (TPSA) is 58.6 Å². The van der Waals surface area contributed by atoms with Crippen LogP contribution in [0.1, 0.15) is 50.2 Å². The van der Waals surface area contributed by atoms with Crippen molar-refractivity contribution in [3.63, 3.8) is 0 Å². The molecule has 0 radical (unpaired) electrons. The highest BCUT2D eigenvalue weighted by atomic mass is 35.5. The van der Waals surface area contributed by atoms with Crippen molar-refractivity contribution in [2.75, 3.05) is 12.9 Å². The summed E-state index contributed by atoms with van der Waals surface area (Å²) in [5.74, 6) is 1.42. The van der Waals surface area contributed by atoms with Gasteiger partial charge in [0.1, 0.15) is 11.8 Å². The van der Waals surface area contributed by atoms with E-state index in [1.54, 1.807) is 25.0 Å². The van der Waals surface area contributed by atoms with Gasteiger partial charge < -0.3 is 15.0 Å². The van der Waals surface area contributed by atoms with Gasteiger partial charge in [0.2, 0.25) is 11.8 Å². The maximum absolute atomic E-state index is 13.3. The van der Waals surface area contributed by atoms with E-state index in [1.807, 2.05) is 36.4 Å². The van der Waals surface area contributed by atoms with Gasteiger partial charge in [-0.2, -0.15) is 0 Å². The molecule has 2 aromatic rings. The maximum Gasteiger partial charge on any atom is 0.242 e. The number of thioether (sulfide) groups is 1. The molecule has 1 saturated carbocycles. The summed E-state index contributed by atoms with van der Waals surface area (Å²) in [6.07, 6.45) is 5.50. The third kappa shape index (κ3) is 7.82. The zero-order valence-electron chi connectivity index (χ0n) is 19.7. The summed E-state index contributed by atoms with van der Waals surface area (Å²) < 4.78 is 5.33. The molecule has 0 spiro atoms. The van der Waals surface area contributed by atoms with Gasteiger partial charge in [-0.25, -0.2) is 0 Å². The van der Waals surface area contributed by atoms with E-state index < -0.39 is 6.04 Å². The predicted octanol–water partition coefficient (Wildman–Crippen LogP) is 6.10. The van der Waals surface area contributed by atoms with Crippen LogP contribution < -0.4 is 10.1 Å². The Morgan fingerprint density at radius 3 is 2.56 bits per heavy atom. The van der Waals surface area contributed by atoms with E-state index >= 15 is 0 Å². The van der Waals surface area contributed by atoms with Crippen molar-refractivity contribution in [3.05, 3.63) is 63.6 Å². The average Bonchev–Trinajstić information content (AvgIpc) is 2.85. The number of amides is 2. The molecule has 184 valence electrons. The first kappa shape index (κ1) is 26.7. The highest BCUT2D eigenvalue weighted by Gasteiger charge is 2.28. The number of hydrogen-bond donors (Lipinski definition) is 1. The van der Waals surface area contributed by atoms with Crippen molar-refractivity contribution in [1.29, 1.82) is 0 Å². The van der Waals surface area contributed by atoms with Crippen LogP contribution in [0.5, 0.6) is 5.75 Å². The van der Waals surface area contributed by atoms with Crippen molar-refractivity contribution in [2.24, 2.45) is 0 Å². The highest BCUT2D eigenvalue weighted by Crippen LogP contribution is 2.25. The fourth-order valence-electron chi connectivity index (χ4n) is 4.09. The summed E-state index contributed by atoms with van der Waals surface area (Å²) in [7, 11) is 1.61. The Bertz CT molecular complexity index is 982. The highest BCUT2D eigenvalue weighted by molar-refractivity contribution is 7.99. The molecule has 1 atom stereocenters. The van der Waals surface area contributed by atoms with E-state index in [1.165, 1.54) is 18.2 Å². The first-order chi connectivity index (χ1) is 16.4. The van der Waals surface area contributed by atoms with Crippen LogP contribution in [0.4, 0.5) is 0 Å². The van der Waals surface area contributed by atoms with E-state index in [4.69, 9.17) is 27.9 Å². The molecule has 34 heavy (non-hydrogen) atoms. The van der Waals surface area contributed by atoms with Crippen LogP contribution in [-0.4, -0.2) is 41.7 Å². The largest absolute Gasteiger partial charge is 0.497 e. The molecule has 1 fully saturated rings. The van der Waals surface area contributed by atoms with Gasteiger partial charge in [0.25, 0.3) is 0 Å². The Balaban J connectivity index is 1.67. The van der Waals surface area contributed by atoms with Gasteiger partial charge in [0, 0.05) is 18.3 Å². The Hall–Kier alpha value is -1.89. The molecule has 1 aliphatic carbocycles. The summed E-state index contributed by atoms with van der Waals surface area (Å²) in [5.41, 5.74) is 1.91. The molecule has 2 aromatic carbocycles. The lowest BCUT2D eigenvalue weighted by Gasteiger charge is -2.31. The third-order valence-corrected chi connectivity index (χ3v) is 7.81. The molecule has 8 heteroatoms. The van der Waals surface area contributed by atoms with Crippen molar-refractivity contribution >= 4 is 46.8 Å². The lowest BCUT2D eigenvalue weighted by atomic mass is 9.95. The minimum Gasteiger partial charge on any atom is -0.497 e. The van der Waals surface area contributed by atoms with Crippen molar-refractivity contribution in [2.45, 2.75) is 63.4 Å². The predicted molar refractivity (Wildman–Crippen MR) is 141 cm³/mol. The number of methoxy groups -OCH3 is 1. The zero-order valence-corrected chi connectivity index (χ0v) is 22.0. The summed E-state index contributed by atoms with van der Waals surface area (Å²) in [6.45, 7) is 2.14. The number of nitrogens with one attached hydrogen (secondary N) is 1. The molecule has 5 nitrogen and oxygen atoms in total. The van der Waals surface area contributed by atoms with Crippen LogP contribution in [0.15, 0.2) is 42.5 Å². The van der Waals surface area contributed by atoms with Crippen molar-refractivity contribution < 1.29 is 14.3 Å². The molecule has 2 amide bonds. The average molecular weight is 524 g/mol. The van der Waals surface area contributed by atoms with Gasteiger partial charge in [-0.15, -0.1) is 11.8 Å². The van der Waals surface area contributed by atoms with E-state index in [9.17, 15) is 9.59 Å². The Kier molecular flexibility index (Phi) is 10.4. The van der Waals surface area contributed by atoms with Crippen molar-refractivity contribution in [3.8, 4) is 5.75 Å². The summed E-state index contributed by atoms with van der Waals surface area (Å²) >= 11 is 13.6. The quantitative estimate of drug-likeness (QED) is 0.409. The fraction of sp³-hybridized carbons (Fsp3) is 0.462. The fourth-order valence-corrected chi connectivity index (χ4v) is 5.27. The summed E-state index contributed by atoms with van der Waals surface area (Å²) in [4.78, 5) is 28.0. The van der Waals surface area contributed by atoms with Crippen LogP contribution in [0, 0.1) is 0 Å². The Morgan fingerprint density at radius 2 is 1.85 bits per heavy atom. The monoisotopic (exact) mass is 522 g/mol. The Morgan fingerprint density at radius 1 is 1.09 bits per heavy atom. The number of nitrogens with zero attached hydrogens (tertiary/aromatic N) is 1. The van der Waals surface area contributed by atoms with Crippen LogP contribution in [-0.2, 0) is 21.9 Å². The van der Waals surface area contributed by atoms with Gasteiger partial charge in [0.05, 0.1) is 22.9 Å². The molecular formula is C26H32Cl2N2O3S. The molecule has 0 bridgehead atoms. The van der Waals surface area contributed by atoms with Crippen LogP contribution in [0.25, 0.3) is 0 Å². The van der Waals surface area contributed by atoms with Crippen LogP contribution >= 0.6 is 35.0 Å². The lowest BCUT2D eigenvalue weighted by molar-refractivity contribution is -0.139. The van der Waals surface area contributed by atoms with Gasteiger partial charge >= 0.3 is 0 Å². The zero-order chi connectivity index (χ0) is 24.5. The second-order valence-electron chi connectivity index (χ2n) is 8.63. The molecule has 0 saturated heterocycles. The van der Waals surface area contributed by atoms with Crippen LogP contribution in [0.2, 0.25) is 10.0 Å². The van der Waals surface area contributed by atoms with E-state index in [2.05, 4.69) is 5.32 Å². The second kappa shape index (κ2) is 13.3.